The van der Waals surface area contributed by atoms with Crippen LogP contribution in [0.3, 0.4) is 0 Å². The van der Waals surface area contributed by atoms with Crippen molar-refractivity contribution in [1.82, 2.24) is 19.9 Å². The number of aromatic amines is 1. The molecular formula is C23H27F2N5O2. The number of nitrogens with zero attached hydrogens (tertiary/aromatic N) is 3. The van der Waals surface area contributed by atoms with E-state index in [1.165, 1.54) is 4.57 Å². The SMILES string of the molecule is CN(CC1CCC(F)(F)CC1)c1ccc(CNC(=O)c2ccc3c(c2)[nH]c(=O)n3C)cn1. The van der Waals surface area contributed by atoms with Gasteiger partial charge in [0.25, 0.3) is 5.91 Å². The van der Waals surface area contributed by atoms with Gasteiger partial charge in [0.05, 0.1) is 11.0 Å². The molecule has 3 aromatic rings. The summed E-state index contributed by atoms with van der Waals surface area (Å²) in [6, 6.07) is 8.85. The second kappa shape index (κ2) is 8.72. The molecule has 0 saturated heterocycles. The molecule has 1 aliphatic rings. The van der Waals surface area contributed by atoms with Crippen LogP contribution in [0.4, 0.5) is 14.6 Å². The molecule has 4 rings (SSSR count). The summed E-state index contributed by atoms with van der Waals surface area (Å²) >= 11 is 0. The number of anilines is 1. The number of carbonyl (C=O) groups excluding carboxylic acids is 1. The number of amides is 1. The molecule has 0 radical (unpaired) electrons. The lowest BCUT2D eigenvalue weighted by Gasteiger charge is -2.31. The summed E-state index contributed by atoms with van der Waals surface area (Å²) in [6.45, 7) is 1.01. The molecule has 0 unspecified atom stereocenters. The van der Waals surface area contributed by atoms with E-state index in [1.807, 2.05) is 24.1 Å². The Bertz CT molecular complexity index is 1160. The second-order valence-corrected chi connectivity index (χ2v) is 8.61. The van der Waals surface area contributed by atoms with E-state index >= 15 is 0 Å². The maximum atomic E-state index is 13.3. The Kier molecular flexibility index (Phi) is 5.99. The van der Waals surface area contributed by atoms with Crippen LogP contribution in [-0.4, -0.2) is 40.0 Å². The number of benzene rings is 1. The molecule has 2 N–H and O–H groups in total. The summed E-state index contributed by atoms with van der Waals surface area (Å²) in [6.07, 6.45) is 2.70. The van der Waals surface area contributed by atoms with Crippen molar-refractivity contribution < 1.29 is 13.6 Å². The highest BCUT2D eigenvalue weighted by molar-refractivity contribution is 5.97. The van der Waals surface area contributed by atoms with Gasteiger partial charge >= 0.3 is 5.69 Å². The van der Waals surface area contributed by atoms with Gasteiger partial charge in [-0.05, 0) is 48.6 Å². The van der Waals surface area contributed by atoms with Gasteiger partial charge in [0.15, 0.2) is 0 Å². The molecule has 32 heavy (non-hydrogen) atoms. The molecule has 170 valence electrons. The number of aryl methyl sites for hydroxylation is 1. The Balaban J connectivity index is 1.31. The van der Waals surface area contributed by atoms with Crippen LogP contribution in [0.25, 0.3) is 11.0 Å². The minimum Gasteiger partial charge on any atom is -0.359 e. The number of carbonyl (C=O) groups is 1. The van der Waals surface area contributed by atoms with Crippen molar-refractivity contribution in [3.8, 4) is 0 Å². The molecular weight excluding hydrogens is 416 g/mol. The fraction of sp³-hybridized carbons (Fsp3) is 0.435. The zero-order valence-corrected chi connectivity index (χ0v) is 18.2. The molecule has 1 fully saturated rings. The van der Waals surface area contributed by atoms with Crippen molar-refractivity contribution in [2.75, 3.05) is 18.5 Å². The lowest BCUT2D eigenvalue weighted by molar-refractivity contribution is -0.0448. The van der Waals surface area contributed by atoms with Gasteiger partial charge in [-0.1, -0.05) is 6.07 Å². The maximum Gasteiger partial charge on any atom is 0.326 e. The summed E-state index contributed by atoms with van der Waals surface area (Å²) < 4.78 is 28.2. The van der Waals surface area contributed by atoms with Crippen LogP contribution in [0.5, 0.6) is 0 Å². The molecule has 2 aromatic heterocycles. The fourth-order valence-electron chi connectivity index (χ4n) is 4.17. The fourth-order valence-corrected chi connectivity index (χ4v) is 4.17. The van der Waals surface area contributed by atoms with Crippen LogP contribution >= 0.6 is 0 Å². The van der Waals surface area contributed by atoms with Crippen molar-refractivity contribution in [3.63, 3.8) is 0 Å². The van der Waals surface area contributed by atoms with E-state index < -0.39 is 5.92 Å². The van der Waals surface area contributed by atoms with Crippen LogP contribution in [0.2, 0.25) is 0 Å². The first kappa shape index (κ1) is 22.0. The van der Waals surface area contributed by atoms with Crippen LogP contribution in [-0.2, 0) is 13.6 Å². The molecule has 1 saturated carbocycles. The van der Waals surface area contributed by atoms with Crippen molar-refractivity contribution in [1.29, 1.82) is 0 Å². The zero-order valence-electron chi connectivity index (χ0n) is 18.2. The summed E-state index contributed by atoms with van der Waals surface area (Å²) in [5.41, 5.74) is 2.43. The number of halogens is 2. The number of hydrogen-bond acceptors (Lipinski definition) is 4. The van der Waals surface area contributed by atoms with E-state index in [2.05, 4.69) is 15.3 Å². The molecule has 0 aliphatic heterocycles. The largest absolute Gasteiger partial charge is 0.359 e. The predicted octanol–water partition coefficient (Wildman–Crippen LogP) is 3.45. The number of aromatic nitrogens is 3. The minimum atomic E-state index is -2.51. The van der Waals surface area contributed by atoms with E-state index in [1.54, 1.807) is 31.4 Å². The van der Waals surface area contributed by atoms with Crippen LogP contribution in [0.15, 0.2) is 41.3 Å². The van der Waals surface area contributed by atoms with Gasteiger partial charge in [0.2, 0.25) is 5.92 Å². The Morgan fingerprint density at radius 1 is 1.28 bits per heavy atom. The third kappa shape index (κ3) is 4.81. The summed E-state index contributed by atoms with van der Waals surface area (Å²) in [5, 5.41) is 2.86. The van der Waals surface area contributed by atoms with E-state index in [9.17, 15) is 18.4 Å². The predicted molar refractivity (Wildman–Crippen MR) is 119 cm³/mol. The standard InChI is InChI=1S/C23H27F2N5O2/c1-29(14-15-7-9-23(24,25)10-8-15)20-6-3-16(12-26-20)13-27-21(31)17-4-5-19-18(11-17)28-22(32)30(19)2/h3-6,11-12,15H,7-10,13-14H2,1-2H3,(H,27,31)(H,28,32). The lowest BCUT2D eigenvalue weighted by atomic mass is 9.86. The Labute approximate surface area is 184 Å². The van der Waals surface area contributed by atoms with Gasteiger partial charge in [0, 0.05) is 51.8 Å². The average Bonchev–Trinajstić information content (AvgIpc) is 3.06. The Morgan fingerprint density at radius 3 is 2.72 bits per heavy atom. The first-order valence-corrected chi connectivity index (χ1v) is 10.7. The molecule has 0 bridgehead atoms. The van der Waals surface area contributed by atoms with Gasteiger partial charge in [-0.2, -0.15) is 0 Å². The van der Waals surface area contributed by atoms with Gasteiger partial charge in [-0.3, -0.25) is 9.36 Å². The van der Waals surface area contributed by atoms with Crippen LogP contribution < -0.4 is 15.9 Å². The number of imidazole rings is 1. The number of hydrogen-bond donors (Lipinski definition) is 2. The first-order valence-electron chi connectivity index (χ1n) is 10.7. The highest BCUT2D eigenvalue weighted by Crippen LogP contribution is 2.36. The number of fused-ring (bicyclic) bond motifs is 1. The van der Waals surface area contributed by atoms with E-state index in [-0.39, 0.29) is 30.4 Å². The molecule has 2 heterocycles. The van der Waals surface area contributed by atoms with Crippen molar-refractivity contribution in [3.05, 3.63) is 58.1 Å². The third-order valence-corrected chi connectivity index (χ3v) is 6.19. The minimum absolute atomic E-state index is 0.0368. The van der Waals surface area contributed by atoms with Crippen molar-refractivity contribution >= 4 is 22.8 Å². The highest BCUT2D eigenvalue weighted by Gasteiger charge is 2.35. The number of pyridine rings is 1. The number of nitrogens with one attached hydrogen (secondary N) is 2. The number of H-pyrrole nitrogens is 1. The quantitative estimate of drug-likeness (QED) is 0.611. The lowest BCUT2D eigenvalue weighted by Crippen LogP contribution is -2.32. The van der Waals surface area contributed by atoms with Crippen LogP contribution in [0.1, 0.15) is 41.6 Å². The molecule has 0 spiro atoms. The van der Waals surface area contributed by atoms with Gasteiger partial charge in [0.1, 0.15) is 5.82 Å². The van der Waals surface area contributed by atoms with Crippen LogP contribution in [0, 0.1) is 5.92 Å². The molecule has 1 aliphatic carbocycles. The Morgan fingerprint density at radius 2 is 2.03 bits per heavy atom. The van der Waals surface area contributed by atoms with E-state index in [0.717, 1.165) is 16.9 Å². The summed E-state index contributed by atoms with van der Waals surface area (Å²) in [7, 11) is 3.59. The number of alkyl halides is 2. The summed E-state index contributed by atoms with van der Waals surface area (Å²) in [4.78, 5) is 33.4. The van der Waals surface area contributed by atoms with Gasteiger partial charge in [-0.25, -0.2) is 18.6 Å². The molecule has 0 atom stereocenters. The maximum absolute atomic E-state index is 13.3. The van der Waals surface area contributed by atoms with Crippen molar-refractivity contribution in [2.45, 2.75) is 38.2 Å². The molecule has 9 heteroatoms. The molecule has 1 aromatic carbocycles. The van der Waals surface area contributed by atoms with E-state index in [0.29, 0.717) is 37.0 Å². The molecule has 7 nitrogen and oxygen atoms in total. The highest BCUT2D eigenvalue weighted by atomic mass is 19.3. The topological polar surface area (TPSA) is 83.0 Å². The third-order valence-electron chi connectivity index (χ3n) is 6.19. The average molecular weight is 443 g/mol. The Hall–Kier alpha value is -3.23. The van der Waals surface area contributed by atoms with Crippen molar-refractivity contribution in [2.24, 2.45) is 13.0 Å². The summed E-state index contributed by atoms with van der Waals surface area (Å²) in [5.74, 6) is -1.73. The smallest absolute Gasteiger partial charge is 0.326 e. The van der Waals surface area contributed by atoms with Gasteiger partial charge in [-0.15, -0.1) is 0 Å². The van der Waals surface area contributed by atoms with Gasteiger partial charge < -0.3 is 15.2 Å². The molecule has 1 amide bonds. The number of rotatable bonds is 6. The second-order valence-electron chi connectivity index (χ2n) is 8.61. The van der Waals surface area contributed by atoms with E-state index in [4.69, 9.17) is 0 Å². The monoisotopic (exact) mass is 443 g/mol. The zero-order chi connectivity index (χ0) is 22.9. The normalized spacial score (nSPS) is 16.2. The first-order chi connectivity index (χ1) is 15.2.